The van der Waals surface area contributed by atoms with Gasteiger partial charge < -0.3 is 15.4 Å². The number of rotatable bonds is 7. The highest BCUT2D eigenvalue weighted by Gasteiger charge is 2.27. The molecule has 6 nitrogen and oxygen atoms in total. The molecule has 0 aliphatic carbocycles. The summed E-state index contributed by atoms with van der Waals surface area (Å²) in [5, 5.41) is 6.47. The van der Waals surface area contributed by atoms with Gasteiger partial charge in [-0.15, -0.1) is 0 Å². The number of hydrogen-bond acceptors (Lipinski definition) is 4. The number of carbonyl (C=O) groups is 1. The second-order valence-electron chi connectivity index (χ2n) is 6.86. The minimum absolute atomic E-state index is 0.0523. The Labute approximate surface area is 141 Å². The molecule has 0 amide bonds. The molecule has 1 fully saturated rings. The first-order chi connectivity index (χ1) is 10.9. The van der Waals surface area contributed by atoms with E-state index >= 15 is 0 Å². The number of piperidine rings is 1. The molecule has 0 aromatic heterocycles. The molecule has 1 unspecified atom stereocenters. The number of methoxy groups -OCH3 is 1. The normalized spacial score (nSPS) is 18.4. The van der Waals surface area contributed by atoms with Crippen molar-refractivity contribution in [1.82, 2.24) is 15.5 Å². The fourth-order valence-corrected chi connectivity index (χ4v) is 2.75. The quantitative estimate of drug-likeness (QED) is 0.423. The summed E-state index contributed by atoms with van der Waals surface area (Å²) in [6, 6.07) is 0. The van der Waals surface area contributed by atoms with Gasteiger partial charge in [0.1, 0.15) is 0 Å². The van der Waals surface area contributed by atoms with Crippen molar-refractivity contribution in [2.75, 3.05) is 39.8 Å². The van der Waals surface area contributed by atoms with Crippen LogP contribution in [-0.2, 0) is 9.53 Å². The van der Waals surface area contributed by atoms with E-state index in [1.54, 1.807) is 0 Å². The number of carbonyl (C=O) groups excluding carboxylic acids is 1. The molecule has 1 aliphatic rings. The molecule has 0 bridgehead atoms. The standard InChI is InChI=1S/C17H34N4O2/c1-6-18-16(19-12-14(2)15(22)23-5)20-13-17(3,4)21-10-8-7-9-11-21/h14H,6-13H2,1-5H3,(H2,18,19,20). The third-order valence-electron chi connectivity index (χ3n) is 4.36. The number of nitrogens with zero attached hydrogens (tertiary/aromatic N) is 2. The van der Waals surface area contributed by atoms with E-state index in [9.17, 15) is 4.79 Å². The Morgan fingerprint density at radius 1 is 1.26 bits per heavy atom. The van der Waals surface area contributed by atoms with Gasteiger partial charge in [0.25, 0.3) is 0 Å². The summed E-state index contributed by atoms with van der Waals surface area (Å²) in [7, 11) is 1.42. The minimum atomic E-state index is -0.206. The van der Waals surface area contributed by atoms with Crippen LogP contribution in [0.1, 0.15) is 47.0 Å². The fraction of sp³-hybridized carbons (Fsp3) is 0.882. The van der Waals surface area contributed by atoms with E-state index in [4.69, 9.17) is 9.73 Å². The lowest BCUT2D eigenvalue weighted by molar-refractivity contribution is -0.144. The van der Waals surface area contributed by atoms with Gasteiger partial charge in [0, 0.05) is 18.6 Å². The van der Waals surface area contributed by atoms with E-state index in [1.165, 1.54) is 26.4 Å². The lowest BCUT2D eigenvalue weighted by Gasteiger charge is -2.40. The van der Waals surface area contributed by atoms with Crippen molar-refractivity contribution in [3.8, 4) is 0 Å². The third kappa shape index (κ3) is 6.77. The van der Waals surface area contributed by atoms with Gasteiger partial charge >= 0.3 is 5.97 Å². The number of hydrogen-bond donors (Lipinski definition) is 2. The molecular weight excluding hydrogens is 292 g/mol. The van der Waals surface area contributed by atoms with E-state index in [-0.39, 0.29) is 17.4 Å². The predicted octanol–water partition coefficient (Wildman–Crippen LogP) is 1.62. The number of aliphatic imine (C=N–C) groups is 1. The van der Waals surface area contributed by atoms with Crippen LogP contribution in [0.3, 0.4) is 0 Å². The van der Waals surface area contributed by atoms with Crippen LogP contribution in [-0.4, -0.2) is 62.2 Å². The van der Waals surface area contributed by atoms with Crippen molar-refractivity contribution in [2.45, 2.75) is 52.5 Å². The maximum atomic E-state index is 11.5. The lowest BCUT2D eigenvalue weighted by atomic mass is 9.99. The van der Waals surface area contributed by atoms with Crippen LogP contribution in [0.2, 0.25) is 0 Å². The van der Waals surface area contributed by atoms with Crippen LogP contribution in [0.25, 0.3) is 0 Å². The number of likely N-dealkylation sites (tertiary alicyclic amines) is 1. The first-order valence-electron chi connectivity index (χ1n) is 8.75. The van der Waals surface area contributed by atoms with Crippen molar-refractivity contribution < 1.29 is 9.53 Å². The van der Waals surface area contributed by atoms with Crippen LogP contribution >= 0.6 is 0 Å². The van der Waals surface area contributed by atoms with Crippen molar-refractivity contribution in [3.05, 3.63) is 0 Å². The van der Waals surface area contributed by atoms with Gasteiger partial charge in [-0.25, -0.2) is 0 Å². The molecule has 1 rings (SSSR count). The maximum Gasteiger partial charge on any atom is 0.310 e. The highest BCUT2D eigenvalue weighted by Crippen LogP contribution is 2.20. The van der Waals surface area contributed by atoms with Gasteiger partial charge in [-0.3, -0.25) is 14.7 Å². The van der Waals surface area contributed by atoms with E-state index in [2.05, 4.69) is 29.4 Å². The molecule has 134 valence electrons. The zero-order valence-electron chi connectivity index (χ0n) is 15.4. The molecule has 1 saturated heterocycles. The molecule has 0 aromatic carbocycles. The van der Waals surface area contributed by atoms with Crippen LogP contribution in [0.15, 0.2) is 4.99 Å². The molecular formula is C17H34N4O2. The largest absolute Gasteiger partial charge is 0.469 e. The van der Waals surface area contributed by atoms with Crippen molar-refractivity contribution >= 4 is 11.9 Å². The summed E-state index contributed by atoms with van der Waals surface area (Å²) in [5.41, 5.74) is 0.0523. The second kappa shape index (κ2) is 9.75. The molecule has 1 aliphatic heterocycles. The van der Waals surface area contributed by atoms with E-state index in [0.717, 1.165) is 32.1 Å². The van der Waals surface area contributed by atoms with E-state index < -0.39 is 0 Å². The molecule has 0 spiro atoms. The molecule has 6 heteroatoms. The summed E-state index contributed by atoms with van der Waals surface area (Å²) in [6.07, 6.45) is 3.90. The minimum Gasteiger partial charge on any atom is -0.469 e. The SMILES string of the molecule is CCNC(=NCC(C)(C)N1CCCCC1)NCC(C)C(=O)OC. The predicted molar refractivity (Wildman–Crippen MR) is 94.7 cm³/mol. The summed E-state index contributed by atoms with van der Waals surface area (Å²) in [5.74, 6) is 0.356. The number of guanidine groups is 1. The molecule has 1 atom stereocenters. The molecule has 23 heavy (non-hydrogen) atoms. The molecule has 0 radical (unpaired) electrons. The summed E-state index contributed by atoms with van der Waals surface area (Å²) >= 11 is 0. The fourth-order valence-electron chi connectivity index (χ4n) is 2.75. The van der Waals surface area contributed by atoms with Gasteiger partial charge in [0.05, 0.1) is 19.6 Å². The Kier molecular flexibility index (Phi) is 8.37. The summed E-state index contributed by atoms with van der Waals surface area (Å²) in [6.45, 7) is 12.7. The van der Waals surface area contributed by atoms with Gasteiger partial charge in [0.2, 0.25) is 0 Å². The van der Waals surface area contributed by atoms with Gasteiger partial charge in [-0.05, 0) is 46.7 Å². The Morgan fingerprint density at radius 2 is 1.91 bits per heavy atom. The zero-order valence-corrected chi connectivity index (χ0v) is 15.4. The Morgan fingerprint density at radius 3 is 2.48 bits per heavy atom. The third-order valence-corrected chi connectivity index (χ3v) is 4.36. The number of esters is 1. The first kappa shape index (κ1) is 19.7. The van der Waals surface area contributed by atoms with Crippen LogP contribution in [0.5, 0.6) is 0 Å². The smallest absolute Gasteiger partial charge is 0.310 e. The Hall–Kier alpha value is -1.30. The molecule has 0 aromatic rings. The van der Waals surface area contributed by atoms with Crippen LogP contribution in [0, 0.1) is 5.92 Å². The van der Waals surface area contributed by atoms with Gasteiger partial charge in [-0.2, -0.15) is 0 Å². The van der Waals surface area contributed by atoms with Crippen molar-refractivity contribution in [3.63, 3.8) is 0 Å². The van der Waals surface area contributed by atoms with Crippen LogP contribution < -0.4 is 10.6 Å². The van der Waals surface area contributed by atoms with E-state index in [0.29, 0.717) is 6.54 Å². The van der Waals surface area contributed by atoms with E-state index in [1.807, 2.05) is 13.8 Å². The number of nitrogens with one attached hydrogen (secondary N) is 2. The maximum absolute atomic E-state index is 11.5. The summed E-state index contributed by atoms with van der Waals surface area (Å²) in [4.78, 5) is 18.7. The average Bonchev–Trinajstić information content (AvgIpc) is 2.57. The van der Waals surface area contributed by atoms with Crippen molar-refractivity contribution in [1.29, 1.82) is 0 Å². The van der Waals surface area contributed by atoms with Crippen molar-refractivity contribution in [2.24, 2.45) is 10.9 Å². The first-order valence-corrected chi connectivity index (χ1v) is 8.75. The molecule has 1 heterocycles. The second-order valence-corrected chi connectivity index (χ2v) is 6.86. The Bertz CT molecular complexity index is 390. The summed E-state index contributed by atoms with van der Waals surface area (Å²) < 4.78 is 4.75. The average molecular weight is 326 g/mol. The van der Waals surface area contributed by atoms with Crippen LogP contribution in [0.4, 0.5) is 0 Å². The molecule has 0 saturated carbocycles. The van der Waals surface area contributed by atoms with Gasteiger partial charge in [-0.1, -0.05) is 13.3 Å². The lowest BCUT2D eigenvalue weighted by Crippen LogP contribution is -2.50. The number of ether oxygens (including phenoxy) is 1. The molecule has 2 N–H and O–H groups in total. The monoisotopic (exact) mass is 326 g/mol. The highest BCUT2D eigenvalue weighted by molar-refractivity contribution is 5.80. The Balaban J connectivity index is 2.57. The zero-order chi connectivity index (χ0) is 17.3. The topological polar surface area (TPSA) is 66.0 Å². The van der Waals surface area contributed by atoms with Gasteiger partial charge in [0.15, 0.2) is 5.96 Å². The highest BCUT2D eigenvalue weighted by atomic mass is 16.5.